The van der Waals surface area contributed by atoms with Crippen LogP contribution in [0, 0.1) is 0 Å². The van der Waals surface area contributed by atoms with Gasteiger partial charge in [-0.15, -0.1) is 0 Å². The summed E-state index contributed by atoms with van der Waals surface area (Å²) in [5, 5.41) is 0.657. The van der Waals surface area contributed by atoms with Crippen LogP contribution < -0.4 is 4.74 Å². The van der Waals surface area contributed by atoms with Crippen LogP contribution in [0.1, 0.15) is 18.5 Å². The lowest BCUT2D eigenvalue weighted by Crippen LogP contribution is -2.31. The molecule has 2 aromatic rings. The van der Waals surface area contributed by atoms with Crippen LogP contribution in [0.5, 0.6) is 5.75 Å². The van der Waals surface area contributed by atoms with E-state index in [1.807, 2.05) is 40.9 Å². The number of aryl methyl sites for hydroxylation is 2. The first-order valence-electron chi connectivity index (χ1n) is 7.77. The molecule has 1 aromatic heterocycles. The van der Waals surface area contributed by atoms with Crippen LogP contribution in [-0.2, 0) is 18.3 Å². The molecule has 1 amide bonds. The number of likely N-dealkylation sites (tertiary alicyclic amines) is 1. The predicted molar refractivity (Wildman–Crippen MR) is 88.6 cm³/mol. The third kappa shape index (κ3) is 4.05. The molecular weight excluding hydrogens is 314 g/mol. The van der Waals surface area contributed by atoms with E-state index in [0.717, 1.165) is 24.4 Å². The SMILES string of the molecule is Cn1cncc1CCC(=O)N1CC[C@@H](Oc2cccc(Cl)c2)C1. The molecule has 1 atom stereocenters. The Morgan fingerprint density at radius 3 is 3.09 bits per heavy atom. The standard InChI is InChI=1S/C17H20ClN3O2/c1-20-12-19-10-14(20)5-6-17(22)21-8-7-16(11-21)23-15-4-2-3-13(18)9-15/h2-4,9-10,12,16H,5-8,11H2,1H3/t16-/m1/s1. The molecule has 2 heterocycles. The average Bonchev–Trinajstić information content (AvgIpc) is 3.14. The van der Waals surface area contributed by atoms with Gasteiger partial charge in [0, 0.05) is 43.3 Å². The van der Waals surface area contributed by atoms with Gasteiger partial charge in [0.15, 0.2) is 0 Å². The minimum atomic E-state index is 0.0362. The third-order valence-electron chi connectivity index (χ3n) is 4.11. The van der Waals surface area contributed by atoms with Gasteiger partial charge in [0.05, 0.1) is 12.9 Å². The first-order chi connectivity index (χ1) is 11.1. The van der Waals surface area contributed by atoms with Gasteiger partial charge in [-0.1, -0.05) is 17.7 Å². The lowest BCUT2D eigenvalue weighted by Gasteiger charge is -2.17. The average molecular weight is 334 g/mol. The first-order valence-corrected chi connectivity index (χ1v) is 8.15. The van der Waals surface area contributed by atoms with Crippen LogP contribution in [-0.4, -0.2) is 39.6 Å². The van der Waals surface area contributed by atoms with Crippen molar-refractivity contribution in [1.82, 2.24) is 14.5 Å². The van der Waals surface area contributed by atoms with Crippen molar-refractivity contribution >= 4 is 17.5 Å². The highest BCUT2D eigenvalue weighted by Crippen LogP contribution is 2.22. The third-order valence-corrected chi connectivity index (χ3v) is 4.34. The van der Waals surface area contributed by atoms with Gasteiger partial charge in [0.2, 0.25) is 5.91 Å². The summed E-state index contributed by atoms with van der Waals surface area (Å²) in [7, 11) is 1.94. The molecule has 1 saturated heterocycles. The molecule has 1 aliphatic heterocycles. The van der Waals surface area contributed by atoms with E-state index in [4.69, 9.17) is 16.3 Å². The summed E-state index contributed by atoms with van der Waals surface area (Å²) in [5.41, 5.74) is 1.07. The Balaban J connectivity index is 1.49. The van der Waals surface area contributed by atoms with Crippen LogP contribution in [0.15, 0.2) is 36.8 Å². The van der Waals surface area contributed by atoms with Crippen LogP contribution in [0.2, 0.25) is 5.02 Å². The summed E-state index contributed by atoms with van der Waals surface area (Å²) in [6.07, 6.45) is 5.67. The van der Waals surface area contributed by atoms with Gasteiger partial charge in [0.1, 0.15) is 11.9 Å². The zero-order chi connectivity index (χ0) is 16.2. The number of rotatable bonds is 5. The van der Waals surface area contributed by atoms with Crippen molar-refractivity contribution in [3.8, 4) is 5.75 Å². The molecule has 0 radical (unpaired) electrons. The zero-order valence-corrected chi connectivity index (χ0v) is 13.9. The van der Waals surface area contributed by atoms with E-state index in [1.165, 1.54) is 0 Å². The molecule has 0 unspecified atom stereocenters. The molecule has 23 heavy (non-hydrogen) atoms. The van der Waals surface area contributed by atoms with Crippen molar-refractivity contribution in [2.45, 2.75) is 25.4 Å². The van der Waals surface area contributed by atoms with Gasteiger partial charge < -0.3 is 14.2 Å². The maximum absolute atomic E-state index is 12.3. The number of amides is 1. The highest BCUT2D eigenvalue weighted by Gasteiger charge is 2.27. The minimum Gasteiger partial charge on any atom is -0.488 e. The number of imidazole rings is 1. The molecular formula is C17H20ClN3O2. The number of hydrogen-bond acceptors (Lipinski definition) is 3. The summed E-state index contributed by atoms with van der Waals surface area (Å²) >= 11 is 5.96. The van der Waals surface area contributed by atoms with E-state index >= 15 is 0 Å². The van der Waals surface area contributed by atoms with Crippen molar-refractivity contribution in [2.24, 2.45) is 7.05 Å². The van der Waals surface area contributed by atoms with E-state index in [9.17, 15) is 4.79 Å². The number of hydrogen-bond donors (Lipinski definition) is 0. The van der Waals surface area contributed by atoms with Gasteiger partial charge in [-0.2, -0.15) is 0 Å². The Kier molecular flexibility index (Phi) is 4.86. The fourth-order valence-corrected chi connectivity index (χ4v) is 2.98. The number of benzene rings is 1. The molecule has 1 aromatic carbocycles. The maximum Gasteiger partial charge on any atom is 0.223 e. The summed E-state index contributed by atoms with van der Waals surface area (Å²) in [6, 6.07) is 7.37. The summed E-state index contributed by atoms with van der Waals surface area (Å²) in [4.78, 5) is 18.3. The minimum absolute atomic E-state index is 0.0362. The number of ether oxygens (including phenoxy) is 1. The van der Waals surface area contributed by atoms with Crippen molar-refractivity contribution in [2.75, 3.05) is 13.1 Å². The first kappa shape index (κ1) is 15.9. The molecule has 122 valence electrons. The molecule has 5 nitrogen and oxygen atoms in total. The van der Waals surface area contributed by atoms with Crippen molar-refractivity contribution in [3.63, 3.8) is 0 Å². The van der Waals surface area contributed by atoms with Crippen LogP contribution in [0.4, 0.5) is 0 Å². The Labute approximate surface area is 140 Å². The lowest BCUT2D eigenvalue weighted by molar-refractivity contribution is -0.130. The lowest BCUT2D eigenvalue weighted by atomic mass is 10.2. The number of halogens is 1. The fourth-order valence-electron chi connectivity index (χ4n) is 2.80. The smallest absolute Gasteiger partial charge is 0.223 e. The number of nitrogens with zero attached hydrogens (tertiary/aromatic N) is 3. The van der Waals surface area contributed by atoms with Gasteiger partial charge in [-0.05, 0) is 24.6 Å². The van der Waals surface area contributed by atoms with Gasteiger partial charge >= 0.3 is 0 Å². The molecule has 6 heteroatoms. The van der Waals surface area contributed by atoms with E-state index in [0.29, 0.717) is 24.4 Å². The molecule has 0 N–H and O–H groups in total. The molecule has 0 aliphatic carbocycles. The molecule has 1 aliphatic rings. The molecule has 0 bridgehead atoms. The van der Waals surface area contributed by atoms with Gasteiger partial charge in [-0.3, -0.25) is 4.79 Å². The Morgan fingerprint density at radius 2 is 2.35 bits per heavy atom. The summed E-state index contributed by atoms with van der Waals surface area (Å²) in [5.74, 6) is 0.926. The molecule has 0 spiro atoms. The fraction of sp³-hybridized carbons (Fsp3) is 0.412. The van der Waals surface area contributed by atoms with E-state index in [2.05, 4.69) is 4.98 Å². The maximum atomic E-state index is 12.3. The summed E-state index contributed by atoms with van der Waals surface area (Å²) < 4.78 is 7.86. The monoisotopic (exact) mass is 333 g/mol. The van der Waals surface area contributed by atoms with Crippen LogP contribution >= 0.6 is 11.6 Å². The largest absolute Gasteiger partial charge is 0.488 e. The molecule has 3 rings (SSSR count). The number of aromatic nitrogens is 2. The second kappa shape index (κ2) is 7.04. The Morgan fingerprint density at radius 1 is 1.48 bits per heavy atom. The zero-order valence-electron chi connectivity index (χ0n) is 13.1. The van der Waals surface area contributed by atoms with E-state index < -0.39 is 0 Å². The number of carbonyl (C=O) groups is 1. The van der Waals surface area contributed by atoms with Gasteiger partial charge in [0.25, 0.3) is 0 Å². The topological polar surface area (TPSA) is 47.4 Å². The Bertz CT molecular complexity index is 686. The van der Waals surface area contributed by atoms with E-state index in [1.54, 1.807) is 12.4 Å². The second-order valence-electron chi connectivity index (χ2n) is 5.82. The predicted octanol–water partition coefficient (Wildman–Crippen LogP) is 2.69. The van der Waals surface area contributed by atoms with Crippen LogP contribution in [0.25, 0.3) is 0 Å². The summed E-state index contributed by atoms with van der Waals surface area (Å²) in [6.45, 7) is 1.38. The highest BCUT2D eigenvalue weighted by molar-refractivity contribution is 6.30. The molecule has 0 saturated carbocycles. The van der Waals surface area contributed by atoms with Crippen molar-refractivity contribution < 1.29 is 9.53 Å². The van der Waals surface area contributed by atoms with Crippen molar-refractivity contribution in [1.29, 1.82) is 0 Å². The van der Waals surface area contributed by atoms with Gasteiger partial charge in [-0.25, -0.2) is 4.98 Å². The normalized spacial score (nSPS) is 17.5. The van der Waals surface area contributed by atoms with Crippen LogP contribution in [0.3, 0.4) is 0 Å². The quantitative estimate of drug-likeness (QED) is 0.845. The van der Waals surface area contributed by atoms with E-state index in [-0.39, 0.29) is 12.0 Å². The van der Waals surface area contributed by atoms with Crippen molar-refractivity contribution in [3.05, 3.63) is 47.5 Å². The second-order valence-corrected chi connectivity index (χ2v) is 6.26. The Hall–Kier alpha value is -2.01. The highest BCUT2D eigenvalue weighted by atomic mass is 35.5. The number of carbonyl (C=O) groups excluding carboxylic acids is 1. The molecule has 1 fully saturated rings.